The molecule has 7 heteroatoms. The molecule has 1 fully saturated rings. The van der Waals surface area contributed by atoms with Crippen LogP contribution in [0.25, 0.3) is 0 Å². The van der Waals surface area contributed by atoms with Crippen LogP contribution in [-0.2, 0) is 16.0 Å². The summed E-state index contributed by atoms with van der Waals surface area (Å²) < 4.78 is 11.0. The first-order valence-electron chi connectivity index (χ1n) is 10.1. The van der Waals surface area contributed by atoms with Gasteiger partial charge in [-0.05, 0) is 50.3 Å². The first kappa shape index (κ1) is 22.0. The van der Waals surface area contributed by atoms with Gasteiger partial charge >= 0.3 is 12.0 Å². The van der Waals surface area contributed by atoms with Gasteiger partial charge in [0, 0.05) is 26.1 Å². The maximum absolute atomic E-state index is 12.2. The zero-order chi connectivity index (χ0) is 20.4. The molecule has 7 nitrogen and oxygen atoms in total. The zero-order valence-electron chi connectivity index (χ0n) is 16.9. The summed E-state index contributed by atoms with van der Waals surface area (Å²) in [5, 5.41) is 12.0. The summed E-state index contributed by atoms with van der Waals surface area (Å²) >= 11 is 0. The zero-order valence-corrected chi connectivity index (χ0v) is 16.9. The molecule has 0 heterocycles. The molecule has 1 aromatic rings. The molecule has 2 N–H and O–H groups in total. The summed E-state index contributed by atoms with van der Waals surface area (Å²) in [6.45, 7) is 6.40. The number of amides is 2. The number of nitrogens with zero attached hydrogens (tertiary/aromatic N) is 1. The molecule has 28 heavy (non-hydrogen) atoms. The number of urea groups is 1. The van der Waals surface area contributed by atoms with E-state index < -0.39 is 12.1 Å². The number of carbonyl (C=O) groups excluding carboxylic acids is 1. The molecule has 0 aliphatic heterocycles. The van der Waals surface area contributed by atoms with Crippen LogP contribution in [0.3, 0.4) is 0 Å². The van der Waals surface area contributed by atoms with Crippen LogP contribution >= 0.6 is 0 Å². The molecular weight excluding hydrogens is 360 g/mol. The Labute approximate surface area is 167 Å². The Morgan fingerprint density at radius 1 is 1.25 bits per heavy atom. The van der Waals surface area contributed by atoms with Gasteiger partial charge in [0.1, 0.15) is 12.4 Å². The molecule has 1 aliphatic carbocycles. The van der Waals surface area contributed by atoms with E-state index in [4.69, 9.17) is 14.6 Å². The van der Waals surface area contributed by atoms with Crippen molar-refractivity contribution in [2.24, 2.45) is 5.92 Å². The second kappa shape index (κ2) is 11.5. The first-order valence-corrected chi connectivity index (χ1v) is 10.1. The largest absolute Gasteiger partial charge is 0.492 e. The highest BCUT2D eigenvalue weighted by Crippen LogP contribution is 2.27. The summed E-state index contributed by atoms with van der Waals surface area (Å²) in [7, 11) is 0. The molecule has 0 aromatic heterocycles. The van der Waals surface area contributed by atoms with Crippen LogP contribution < -0.4 is 10.1 Å². The van der Waals surface area contributed by atoms with E-state index in [-0.39, 0.29) is 6.03 Å². The van der Waals surface area contributed by atoms with Gasteiger partial charge in [-0.2, -0.15) is 0 Å². The fraction of sp³-hybridized carbons (Fsp3) is 0.619. The first-order chi connectivity index (χ1) is 13.5. The number of nitrogens with one attached hydrogen (secondary N) is 1. The number of aliphatic carboxylic acids is 1. The summed E-state index contributed by atoms with van der Waals surface area (Å²) in [5.41, 5.74) is 0.877. The Morgan fingerprint density at radius 2 is 1.96 bits per heavy atom. The van der Waals surface area contributed by atoms with Crippen LogP contribution in [0.4, 0.5) is 4.79 Å². The Bertz CT molecular complexity index is 616. The lowest BCUT2D eigenvalue weighted by molar-refractivity contribution is -0.149. The molecule has 1 atom stereocenters. The number of ether oxygens (including phenoxy) is 2. The molecule has 1 unspecified atom stereocenters. The number of benzene rings is 1. The van der Waals surface area contributed by atoms with Gasteiger partial charge < -0.3 is 24.8 Å². The van der Waals surface area contributed by atoms with Gasteiger partial charge in [-0.25, -0.2) is 9.59 Å². The van der Waals surface area contributed by atoms with E-state index >= 15 is 0 Å². The van der Waals surface area contributed by atoms with Crippen LogP contribution in [0.1, 0.15) is 38.7 Å². The van der Waals surface area contributed by atoms with Crippen molar-refractivity contribution in [1.29, 1.82) is 0 Å². The topological polar surface area (TPSA) is 88.1 Å². The average molecular weight is 392 g/mol. The molecule has 1 aromatic carbocycles. The van der Waals surface area contributed by atoms with Crippen LogP contribution in [0, 0.1) is 5.92 Å². The van der Waals surface area contributed by atoms with E-state index in [2.05, 4.69) is 5.32 Å². The molecule has 0 spiro atoms. The lowest BCUT2D eigenvalue weighted by atomic mass is 9.85. The third-order valence-electron chi connectivity index (χ3n) is 4.94. The molecule has 2 amide bonds. The fourth-order valence-electron chi connectivity index (χ4n) is 3.15. The minimum atomic E-state index is -0.959. The minimum Gasteiger partial charge on any atom is -0.492 e. The summed E-state index contributed by atoms with van der Waals surface area (Å²) in [5.74, 6) is 0.347. The maximum Gasteiger partial charge on any atom is 0.333 e. The Morgan fingerprint density at radius 3 is 2.50 bits per heavy atom. The minimum absolute atomic E-state index is 0.0380. The van der Waals surface area contributed by atoms with E-state index in [1.807, 2.05) is 36.1 Å². The predicted molar refractivity (Wildman–Crippen MR) is 107 cm³/mol. The van der Waals surface area contributed by atoms with Crippen LogP contribution in [0.2, 0.25) is 0 Å². The number of hydrogen-bond donors (Lipinski definition) is 2. The molecule has 0 bridgehead atoms. The van der Waals surface area contributed by atoms with Crippen molar-refractivity contribution in [3.8, 4) is 5.75 Å². The number of hydrogen-bond acceptors (Lipinski definition) is 4. The Kier molecular flexibility index (Phi) is 9.07. The summed E-state index contributed by atoms with van der Waals surface area (Å²) in [6, 6.07) is 7.30. The normalized spacial score (nSPS) is 14.8. The van der Waals surface area contributed by atoms with Crippen molar-refractivity contribution in [3.05, 3.63) is 29.8 Å². The van der Waals surface area contributed by atoms with Gasteiger partial charge in [-0.15, -0.1) is 0 Å². The smallest absolute Gasteiger partial charge is 0.333 e. The number of carbonyl (C=O) groups is 2. The maximum atomic E-state index is 12.2. The monoisotopic (exact) mass is 392 g/mol. The molecule has 0 radical (unpaired) electrons. The molecular formula is C21H32N2O5. The fourth-order valence-corrected chi connectivity index (χ4v) is 3.15. The van der Waals surface area contributed by atoms with E-state index in [1.54, 1.807) is 6.92 Å². The van der Waals surface area contributed by atoms with Crippen molar-refractivity contribution in [2.45, 2.75) is 45.6 Å². The highest BCUT2D eigenvalue weighted by atomic mass is 16.5. The number of carboxylic acid groups (broad SMARTS) is 1. The van der Waals surface area contributed by atoms with Crippen LogP contribution in [-0.4, -0.2) is 61.0 Å². The van der Waals surface area contributed by atoms with Crippen LogP contribution in [0.15, 0.2) is 24.3 Å². The van der Waals surface area contributed by atoms with Crippen molar-refractivity contribution in [2.75, 3.05) is 32.8 Å². The Balaban J connectivity index is 1.81. The second-order valence-corrected chi connectivity index (χ2v) is 7.06. The highest BCUT2D eigenvalue weighted by molar-refractivity contribution is 5.74. The molecule has 2 rings (SSSR count). The lowest BCUT2D eigenvalue weighted by Gasteiger charge is -2.32. The predicted octanol–water partition coefficient (Wildman–Crippen LogP) is 2.93. The van der Waals surface area contributed by atoms with Gasteiger partial charge in [0.05, 0.1) is 6.54 Å². The van der Waals surface area contributed by atoms with Gasteiger partial charge in [-0.3, -0.25) is 0 Å². The van der Waals surface area contributed by atoms with Gasteiger partial charge in [0.15, 0.2) is 6.10 Å². The molecule has 1 aliphatic rings. The average Bonchev–Trinajstić information content (AvgIpc) is 2.64. The summed E-state index contributed by atoms with van der Waals surface area (Å²) in [6.07, 6.45) is 3.11. The highest BCUT2D eigenvalue weighted by Gasteiger charge is 2.23. The molecule has 156 valence electrons. The van der Waals surface area contributed by atoms with E-state index in [0.717, 1.165) is 12.1 Å². The van der Waals surface area contributed by atoms with Gasteiger partial charge in [0.25, 0.3) is 0 Å². The third kappa shape index (κ3) is 7.03. The standard InChI is InChI=1S/C21H32N2O5/c1-3-22-21(26)23(15-17-6-5-7-17)12-13-28-18-10-8-16(9-11-18)14-19(20(24)25)27-4-2/h8-11,17,19H,3-7,12-15H2,1-2H3,(H,22,26)(H,24,25). The third-order valence-corrected chi connectivity index (χ3v) is 4.94. The summed E-state index contributed by atoms with van der Waals surface area (Å²) in [4.78, 5) is 25.2. The van der Waals surface area contributed by atoms with Crippen molar-refractivity contribution < 1.29 is 24.2 Å². The van der Waals surface area contributed by atoms with Gasteiger partial charge in [0.2, 0.25) is 0 Å². The van der Waals surface area contributed by atoms with Crippen molar-refractivity contribution in [3.63, 3.8) is 0 Å². The number of carboxylic acids is 1. The SMILES string of the molecule is CCNC(=O)N(CCOc1ccc(CC(OCC)C(=O)O)cc1)CC1CCC1. The van der Waals surface area contributed by atoms with Gasteiger partial charge in [-0.1, -0.05) is 18.6 Å². The quantitative estimate of drug-likeness (QED) is 0.571. The number of rotatable bonds is 12. The molecule has 1 saturated carbocycles. The van der Waals surface area contributed by atoms with E-state index in [9.17, 15) is 9.59 Å². The van der Waals surface area contributed by atoms with E-state index in [1.165, 1.54) is 19.3 Å². The van der Waals surface area contributed by atoms with Crippen molar-refractivity contribution >= 4 is 12.0 Å². The van der Waals surface area contributed by atoms with Crippen LogP contribution in [0.5, 0.6) is 5.75 Å². The van der Waals surface area contributed by atoms with E-state index in [0.29, 0.717) is 44.4 Å². The second-order valence-electron chi connectivity index (χ2n) is 7.06. The lowest BCUT2D eigenvalue weighted by Crippen LogP contribution is -2.45. The Hall–Kier alpha value is -2.28. The molecule has 0 saturated heterocycles. The van der Waals surface area contributed by atoms with Crippen molar-refractivity contribution in [1.82, 2.24) is 10.2 Å².